The number of aromatic amines is 1. The van der Waals surface area contributed by atoms with Crippen LogP contribution >= 0.6 is 0 Å². The summed E-state index contributed by atoms with van der Waals surface area (Å²) in [5, 5.41) is 0. The van der Waals surface area contributed by atoms with E-state index >= 15 is 0 Å². The molecule has 0 saturated carbocycles. The molecule has 1 N–H and O–H groups in total. The van der Waals surface area contributed by atoms with Gasteiger partial charge in [0.25, 0.3) is 0 Å². The fourth-order valence-corrected chi connectivity index (χ4v) is 2.68. The van der Waals surface area contributed by atoms with Crippen LogP contribution in [0.1, 0.15) is 49.4 Å². The first-order valence-electron chi connectivity index (χ1n) is 8.33. The molecule has 0 aliphatic heterocycles. The number of carbonyl (C=O) groups excluding carboxylic acids is 3. The molecule has 0 radical (unpaired) electrons. The molecule has 7 nitrogen and oxygen atoms in total. The Hall–Kier alpha value is -3.30. The molecule has 156 valence electrons. The molecule has 10 heteroatoms. The summed E-state index contributed by atoms with van der Waals surface area (Å²) in [6, 6.07) is 4.08. The predicted octanol–water partition coefficient (Wildman–Crippen LogP) is 3.74. The number of alkyl halides is 3. The van der Waals surface area contributed by atoms with Crippen molar-refractivity contribution in [2.75, 3.05) is 7.11 Å². The largest absolute Gasteiger partial charge is 0.573 e. The second-order valence-corrected chi connectivity index (χ2v) is 6.10. The number of Topliss-reactive ketones (excluding diaryl/α,β-unsaturated/α-hetero) is 1. The Morgan fingerprint density at radius 3 is 2.14 bits per heavy atom. The van der Waals surface area contributed by atoms with Crippen LogP contribution in [0.2, 0.25) is 0 Å². The number of aromatic nitrogens is 1. The predicted molar refractivity (Wildman–Crippen MR) is 93.9 cm³/mol. The van der Waals surface area contributed by atoms with Crippen LogP contribution in [0.25, 0.3) is 0 Å². The Morgan fingerprint density at radius 1 is 1.03 bits per heavy atom. The van der Waals surface area contributed by atoms with Crippen molar-refractivity contribution in [2.45, 2.75) is 33.2 Å². The summed E-state index contributed by atoms with van der Waals surface area (Å²) in [4.78, 5) is 39.4. The van der Waals surface area contributed by atoms with Crippen LogP contribution in [-0.4, -0.2) is 42.3 Å². The number of H-pyrrole nitrogens is 1. The lowest BCUT2D eigenvalue weighted by Crippen LogP contribution is -2.25. The zero-order valence-corrected chi connectivity index (χ0v) is 16.0. The number of halogens is 3. The first-order chi connectivity index (χ1) is 13.4. The minimum atomic E-state index is -4.85. The second-order valence-electron chi connectivity index (χ2n) is 6.10. The van der Waals surface area contributed by atoms with Gasteiger partial charge in [-0.3, -0.25) is 4.79 Å². The van der Waals surface area contributed by atoms with Crippen LogP contribution in [0.15, 0.2) is 24.3 Å². The van der Waals surface area contributed by atoms with Crippen molar-refractivity contribution in [1.29, 1.82) is 0 Å². The average molecular weight is 413 g/mol. The van der Waals surface area contributed by atoms with Gasteiger partial charge in [-0.2, -0.15) is 0 Å². The van der Waals surface area contributed by atoms with E-state index < -0.39 is 35.9 Å². The molecule has 2 rings (SSSR count). The normalized spacial score (nSPS) is 12.2. The molecular weight excluding hydrogens is 395 g/mol. The molecule has 1 heterocycles. The average Bonchev–Trinajstić information content (AvgIpc) is 2.93. The second kappa shape index (κ2) is 8.38. The van der Waals surface area contributed by atoms with E-state index in [0.29, 0.717) is 11.3 Å². The third-order valence-electron chi connectivity index (χ3n) is 4.05. The molecule has 1 aromatic carbocycles. The summed E-state index contributed by atoms with van der Waals surface area (Å²) in [5.74, 6) is -2.59. The number of ketones is 1. The van der Waals surface area contributed by atoms with Crippen molar-refractivity contribution in [2.24, 2.45) is 0 Å². The highest BCUT2D eigenvalue weighted by molar-refractivity contribution is 6.04. The van der Waals surface area contributed by atoms with Crippen molar-refractivity contribution >= 4 is 17.7 Å². The van der Waals surface area contributed by atoms with E-state index in [-0.39, 0.29) is 16.8 Å². The Labute approximate surface area is 163 Å². The van der Waals surface area contributed by atoms with E-state index in [1.165, 1.54) is 14.0 Å². The number of aryl methyl sites for hydroxylation is 1. The monoisotopic (exact) mass is 413 g/mol. The first-order valence-corrected chi connectivity index (χ1v) is 8.33. The van der Waals surface area contributed by atoms with Gasteiger partial charge in [0, 0.05) is 5.69 Å². The zero-order valence-electron chi connectivity index (χ0n) is 16.0. The van der Waals surface area contributed by atoms with Crippen LogP contribution in [-0.2, 0) is 9.47 Å². The third-order valence-corrected chi connectivity index (χ3v) is 4.05. The number of nitrogens with one attached hydrogen (secondary N) is 1. The summed E-state index contributed by atoms with van der Waals surface area (Å²) in [6.45, 7) is 4.49. The molecule has 0 aliphatic rings. The van der Waals surface area contributed by atoms with Crippen molar-refractivity contribution < 1.29 is 41.8 Å². The highest BCUT2D eigenvalue weighted by Gasteiger charge is 2.31. The van der Waals surface area contributed by atoms with Crippen molar-refractivity contribution in [3.63, 3.8) is 0 Å². The minimum Gasteiger partial charge on any atom is -0.465 e. The van der Waals surface area contributed by atoms with E-state index in [1.807, 2.05) is 0 Å². The Bertz CT molecular complexity index is 931. The molecule has 0 fully saturated rings. The quantitative estimate of drug-likeness (QED) is 0.573. The number of carbonyl (C=O) groups is 3. The first kappa shape index (κ1) is 22.0. The van der Waals surface area contributed by atoms with Crippen LogP contribution in [0.3, 0.4) is 0 Å². The van der Waals surface area contributed by atoms with Gasteiger partial charge >= 0.3 is 18.3 Å². The van der Waals surface area contributed by atoms with Gasteiger partial charge in [0.1, 0.15) is 5.75 Å². The summed E-state index contributed by atoms with van der Waals surface area (Å²) < 4.78 is 50.0. The maximum Gasteiger partial charge on any atom is 0.573 e. The van der Waals surface area contributed by atoms with E-state index in [4.69, 9.17) is 4.74 Å². The SMILES string of the molecule is COC(=O)c1c(C)[nH]c(C(=O)[C@H](C)OC(=O)c2ccc(OC(F)(F)F)cc2)c1C. The van der Waals surface area contributed by atoms with Gasteiger partial charge in [-0.15, -0.1) is 13.2 Å². The van der Waals surface area contributed by atoms with Crippen molar-refractivity contribution in [3.8, 4) is 5.75 Å². The van der Waals surface area contributed by atoms with Crippen molar-refractivity contribution in [3.05, 3.63) is 52.3 Å². The lowest BCUT2D eigenvalue weighted by molar-refractivity contribution is -0.274. The van der Waals surface area contributed by atoms with E-state index in [1.54, 1.807) is 13.8 Å². The van der Waals surface area contributed by atoms with Crippen LogP contribution in [0.5, 0.6) is 5.75 Å². The highest BCUT2D eigenvalue weighted by atomic mass is 19.4. The molecular formula is C19H18F3NO6. The topological polar surface area (TPSA) is 94.7 Å². The van der Waals surface area contributed by atoms with Gasteiger partial charge in [-0.1, -0.05) is 0 Å². The number of benzene rings is 1. The molecule has 1 atom stereocenters. The summed E-state index contributed by atoms with van der Waals surface area (Å²) in [7, 11) is 1.21. The van der Waals surface area contributed by atoms with E-state index in [9.17, 15) is 27.6 Å². The summed E-state index contributed by atoms with van der Waals surface area (Å²) in [6.07, 6.45) is -6.06. The van der Waals surface area contributed by atoms with Crippen LogP contribution < -0.4 is 4.74 Å². The van der Waals surface area contributed by atoms with Gasteiger partial charge < -0.3 is 19.2 Å². The Kier molecular flexibility index (Phi) is 6.35. The van der Waals surface area contributed by atoms with Gasteiger partial charge in [-0.25, -0.2) is 9.59 Å². The van der Waals surface area contributed by atoms with Crippen LogP contribution in [0, 0.1) is 13.8 Å². The molecule has 29 heavy (non-hydrogen) atoms. The maximum absolute atomic E-state index is 12.6. The lowest BCUT2D eigenvalue weighted by Gasteiger charge is -2.13. The zero-order chi connectivity index (χ0) is 21.9. The number of ether oxygens (including phenoxy) is 3. The fraction of sp³-hybridized carbons (Fsp3) is 0.316. The lowest BCUT2D eigenvalue weighted by atomic mass is 10.1. The highest BCUT2D eigenvalue weighted by Crippen LogP contribution is 2.24. The molecule has 0 amide bonds. The Balaban J connectivity index is 2.12. The van der Waals surface area contributed by atoms with Gasteiger partial charge in [-0.05, 0) is 50.6 Å². The van der Waals surface area contributed by atoms with E-state index in [2.05, 4.69) is 14.5 Å². The number of hydrogen-bond acceptors (Lipinski definition) is 6. The number of rotatable bonds is 6. The maximum atomic E-state index is 12.6. The van der Waals surface area contributed by atoms with Gasteiger partial charge in [0.05, 0.1) is 23.9 Å². The standard InChI is InChI=1S/C19H18F3NO6/c1-9-14(18(26)27-4)10(2)23-15(9)16(24)11(3)28-17(25)12-5-7-13(8-6-12)29-19(20,21)22/h5-8,11,23H,1-4H3/t11-/m0/s1. The molecule has 0 aliphatic carbocycles. The summed E-state index contributed by atoms with van der Waals surface area (Å²) >= 11 is 0. The fourth-order valence-electron chi connectivity index (χ4n) is 2.68. The molecule has 0 saturated heterocycles. The van der Waals surface area contributed by atoms with Crippen molar-refractivity contribution in [1.82, 2.24) is 4.98 Å². The molecule has 2 aromatic rings. The molecule has 0 bridgehead atoms. The van der Waals surface area contributed by atoms with Gasteiger partial charge in [0.15, 0.2) is 6.10 Å². The van der Waals surface area contributed by atoms with E-state index in [0.717, 1.165) is 24.3 Å². The minimum absolute atomic E-state index is 0.0613. The molecule has 1 aromatic heterocycles. The third kappa shape index (κ3) is 5.15. The number of esters is 2. The van der Waals surface area contributed by atoms with Gasteiger partial charge in [0.2, 0.25) is 5.78 Å². The molecule has 0 spiro atoms. The Morgan fingerprint density at radius 2 is 1.62 bits per heavy atom. The number of hydrogen-bond donors (Lipinski definition) is 1. The number of methoxy groups -OCH3 is 1. The summed E-state index contributed by atoms with van der Waals surface area (Å²) in [5.41, 5.74) is 1.04. The molecule has 0 unspecified atom stereocenters. The van der Waals surface area contributed by atoms with Crippen LogP contribution in [0.4, 0.5) is 13.2 Å². The smallest absolute Gasteiger partial charge is 0.465 e.